The first-order chi connectivity index (χ1) is 6.33. The first-order valence-electron chi connectivity index (χ1n) is 3.95. The van der Waals surface area contributed by atoms with Crippen molar-refractivity contribution in [1.82, 2.24) is 9.55 Å². The van der Waals surface area contributed by atoms with Crippen molar-refractivity contribution in [2.24, 2.45) is 5.11 Å². The second-order valence-corrected chi connectivity index (χ2v) is 2.88. The van der Waals surface area contributed by atoms with Gasteiger partial charge in [-0.2, -0.15) is 0 Å². The summed E-state index contributed by atoms with van der Waals surface area (Å²) in [6.45, 7) is 0. The second kappa shape index (κ2) is 2.91. The summed E-state index contributed by atoms with van der Waals surface area (Å²) in [6.07, 6.45) is 5.40. The fraction of sp³-hybridized carbons (Fsp3) is 0.429. The van der Waals surface area contributed by atoms with Crippen LogP contribution >= 0.6 is 0 Å². The van der Waals surface area contributed by atoms with Gasteiger partial charge in [0.2, 0.25) is 0 Å². The summed E-state index contributed by atoms with van der Waals surface area (Å²) in [4.78, 5) is 17.4. The van der Waals surface area contributed by atoms with Crippen molar-refractivity contribution in [2.45, 2.75) is 18.9 Å². The van der Waals surface area contributed by atoms with Crippen LogP contribution in [0.5, 0.6) is 0 Å². The van der Waals surface area contributed by atoms with Crippen LogP contribution in [0.2, 0.25) is 0 Å². The number of nitrogens with zero attached hydrogens (tertiary/aromatic N) is 5. The highest BCUT2D eigenvalue weighted by Gasteiger charge is 2.27. The molecule has 0 aromatic carbocycles. The summed E-state index contributed by atoms with van der Waals surface area (Å²) in [5.41, 5.74) is 8.08. The molecular formula is C7H7N5O. The summed E-state index contributed by atoms with van der Waals surface area (Å²) < 4.78 is 1.76. The summed E-state index contributed by atoms with van der Waals surface area (Å²) in [6, 6.07) is 0.371. The molecule has 6 nitrogen and oxygen atoms in total. The summed E-state index contributed by atoms with van der Waals surface area (Å²) >= 11 is 0. The van der Waals surface area contributed by atoms with Crippen LogP contribution in [-0.4, -0.2) is 15.5 Å². The van der Waals surface area contributed by atoms with E-state index in [4.69, 9.17) is 5.53 Å². The van der Waals surface area contributed by atoms with Gasteiger partial charge in [0.05, 0.1) is 0 Å². The van der Waals surface area contributed by atoms with Gasteiger partial charge in [-0.15, -0.1) is 0 Å². The van der Waals surface area contributed by atoms with Gasteiger partial charge in [0, 0.05) is 23.3 Å². The van der Waals surface area contributed by atoms with Gasteiger partial charge >= 0.3 is 0 Å². The predicted molar refractivity (Wildman–Crippen MR) is 44.0 cm³/mol. The van der Waals surface area contributed by atoms with Crippen molar-refractivity contribution in [3.63, 3.8) is 0 Å². The van der Waals surface area contributed by atoms with E-state index in [9.17, 15) is 4.79 Å². The molecule has 0 N–H and O–H groups in total. The van der Waals surface area contributed by atoms with Crippen molar-refractivity contribution in [1.29, 1.82) is 0 Å². The van der Waals surface area contributed by atoms with Crippen LogP contribution in [0.15, 0.2) is 17.5 Å². The third-order valence-corrected chi connectivity index (χ3v) is 1.94. The normalized spacial score (nSPS) is 15.1. The molecule has 1 amide bonds. The topological polar surface area (TPSA) is 83.7 Å². The van der Waals surface area contributed by atoms with Gasteiger partial charge in [-0.3, -0.25) is 4.79 Å². The lowest BCUT2D eigenvalue weighted by Gasteiger charge is -2.00. The van der Waals surface area contributed by atoms with Gasteiger partial charge in [0.25, 0.3) is 5.91 Å². The van der Waals surface area contributed by atoms with Crippen LogP contribution in [0.3, 0.4) is 0 Å². The number of azide groups is 1. The molecule has 2 rings (SSSR count). The largest absolute Gasteiger partial charge is 0.325 e. The summed E-state index contributed by atoms with van der Waals surface area (Å²) in [5, 5.41) is 3.00. The molecule has 6 heteroatoms. The molecule has 0 atom stereocenters. The Morgan fingerprint density at radius 3 is 3.15 bits per heavy atom. The first-order valence-corrected chi connectivity index (χ1v) is 3.95. The molecule has 0 radical (unpaired) electrons. The number of rotatable bonds is 2. The number of hydrogen-bond donors (Lipinski definition) is 0. The monoisotopic (exact) mass is 177 g/mol. The van der Waals surface area contributed by atoms with Crippen molar-refractivity contribution in [2.75, 3.05) is 0 Å². The SMILES string of the molecule is [N-]=[N+]=NC(=O)c1nccn1C1CC1. The maximum atomic E-state index is 11.2. The fourth-order valence-corrected chi connectivity index (χ4v) is 1.21. The van der Waals surface area contributed by atoms with E-state index >= 15 is 0 Å². The molecule has 1 aromatic rings. The number of imidazole rings is 1. The molecule has 1 aliphatic carbocycles. The Balaban J connectivity index is 2.32. The molecule has 0 saturated heterocycles. The third kappa shape index (κ3) is 1.39. The average Bonchev–Trinajstić information content (AvgIpc) is 2.84. The second-order valence-electron chi connectivity index (χ2n) is 2.88. The molecule has 1 heterocycles. The molecule has 0 aliphatic heterocycles. The summed E-state index contributed by atoms with van der Waals surface area (Å²) in [7, 11) is 0. The quantitative estimate of drug-likeness (QED) is 0.391. The average molecular weight is 177 g/mol. The highest BCUT2D eigenvalue weighted by Crippen LogP contribution is 2.35. The highest BCUT2D eigenvalue weighted by atomic mass is 16.2. The number of hydrogen-bond acceptors (Lipinski definition) is 2. The van der Waals surface area contributed by atoms with Gasteiger partial charge < -0.3 is 4.57 Å². The Hall–Kier alpha value is -1.81. The van der Waals surface area contributed by atoms with Crippen LogP contribution in [0.4, 0.5) is 0 Å². The lowest BCUT2D eigenvalue weighted by Crippen LogP contribution is -2.05. The van der Waals surface area contributed by atoms with Crippen LogP contribution in [0.1, 0.15) is 29.5 Å². The molecule has 0 bridgehead atoms. The predicted octanol–water partition coefficient (Wildman–Crippen LogP) is 1.67. The zero-order valence-corrected chi connectivity index (χ0v) is 6.79. The smallest absolute Gasteiger partial charge is 0.284 e. The molecular weight excluding hydrogens is 170 g/mol. The van der Waals surface area contributed by atoms with E-state index in [-0.39, 0.29) is 5.82 Å². The molecule has 66 valence electrons. The van der Waals surface area contributed by atoms with E-state index in [1.54, 1.807) is 17.0 Å². The van der Waals surface area contributed by atoms with Gasteiger partial charge in [-0.05, 0) is 23.5 Å². The minimum absolute atomic E-state index is 0.236. The molecule has 1 aliphatic rings. The Morgan fingerprint density at radius 2 is 2.54 bits per heavy atom. The van der Waals surface area contributed by atoms with Crippen molar-refractivity contribution < 1.29 is 4.79 Å². The van der Waals surface area contributed by atoms with E-state index in [1.165, 1.54) is 0 Å². The first kappa shape index (κ1) is 7.82. The van der Waals surface area contributed by atoms with Gasteiger partial charge in [-0.1, -0.05) is 0 Å². The standard InChI is InChI=1S/C7H7N5O/c8-11-10-7(13)6-9-3-4-12(6)5-1-2-5/h3-5H,1-2H2. The highest BCUT2D eigenvalue weighted by molar-refractivity contribution is 5.91. The van der Waals surface area contributed by atoms with Crippen molar-refractivity contribution in [3.05, 3.63) is 28.7 Å². The molecule has 1 saturated carbocycles. The van der Waals surface area contributed by atoms with Crippen molar-refractivity contribution in [3.8, 4) is 0 Å². The summed E-state index contributed by atoms with van der Waals surface area (Å²) in [5.74, 6) is -0.375. The molecule has 13 heavy (non-hydrogen) atoms. The number of aromatic nitrogens is 2. The number of carbonyl (C=O) groups excluding carboxylic acids is 1. The van der Waals surface area contributed by atoms with E-state index in [0.717, 1.165) is 12.8 Å². The Morgan fingerprint density at radius 1 is 1.77 bits per heavy atom. The van der Waals surface area contributed by atoms with Crippen molar-refractivity contribution >= 4 is 5.91 Å². The Kier molecular flexibility index (Phi) is 1.75. The van der Waals surface area contributed by atoms with Gasteiger partial charge in [-0.25, -0.2) is 4.98 Å². The zero-order valence-electron chi connectivity index (χ0n) is 6.79. The lowest BCUT2D eigenvalue weighted by molar-refractivity contribution is 0.0986. The minimum atomic E-state index is -0.612. The van der Waals surface area contributed by atoms with Gasteiger partial charge in [0.1, 0.15) is 0 Å². The maximum Gasteiger partial charge on any atom is 0.284 e. The van der Waals surface area contributed by atoms with Crippen LogP contribution < -0.4 is 0 Å². The minimum Gasteiger partial charge on any atom is -0.325 e. The van der Waals surface area contributed by atoms with E-state index < -0.39 is 5.91 Å². The third-order valence-electron chi connectivity index (χ3n) is 1.94. The van der Waals surface area contributed by atoms with Crippen LogP contribution in [-0.2, 0) is 0 Å². The molecule has 0 spiro atoms. The molecule has 0 unspecified atom stereocenters. The van der Waals surface area contributed by atoms with E-state index in [2.05, 4.69) is 15.0 Å². The lowest BCUT2D eigenvalue weighted by atomic mass is 10.5. The fourth-order valence-electron chi connectivity index (χ4n) is 1.21. The number of amides is 1. The van der Waals surface area contributed by atoms with Gasteiger partial charge in [0.15, 0.2) is 5.82 Å². The van der Waals surface area contributed by atoms with E-state index in [1.807, 2.05) is 0 Å². The molecule has 1 aromatic heterocycles. The van der Waals surface area contributed by atoms with Crippen LogP contribution in [0.25, 0.3) is 10.4 Å². The number of carbonyl (C=O) groups is 1. The zero-order chi connectivity index (χ0) is 9.26. The Labute approximate surface area is 73.8 Å². The van der Waals surface area contributed by atoms with E-state index in [0.29, 0.717) is 6.04 Å². The molecule has 1 fully saturated rings. The Bertz CT molecular complexity index is 385. The van der Waals surface area contributed by atoms with Crippen LogP contribution in [0, 0.1) is 0 Å². The maximum absolute atomic E-state index is 11.2.